The summed E-state index contributed by atoms with van der Waals surface area (Å²) >= 11 is 0. The Labute approximate surface area is 341 Å². The van der Waals surface area contributed by atoms with Gasteiger partial charge in [-0.2, -0.15) is 8.78 Å². The Balaban J connectivity index is 0.955. The van der Waals surface area contributed by atoms with Crippen molar-refractivity contribution < 1.29 is 32.6 Å². The van der Waals surface area contributed by atoms with E-state index in [1.807, 2.05) is 69.9 Å². The van der Waals surface area contributed by atoms with E-state index in [4.69, 9.17) is 14.5 Å². The molecule has 2 aliphatic carbocycles. The topological polar surface area (TPSA) is 146 Å². The first-order valence-corrected chi connectivity index (χ1v) is 20.5. The summed E-state index contributed by atoms with van der Waals surface area (Å²) in [4.78, 5) is 58.8. The monoisotopic (exact) mass is 805 g/mol. The van der Waals surface area contributed by atoms with Crippen molar-refractivity contribution in [1.29, 1.82) is 0 Å². The molecule has 2 aromatic heterocycles. The van der Waals surface area contributed by atoms with Gasteiger partial charge in [0.05, 0.1) is 42.1 Å². The van der Waals surface area contributed by atoms with Gasteiger partial charge in [0.1, 0.15) is 23.3 Å². The Kier molecular flexibility index (Phi) is 9.31. The number of carbonyl (C=O) groups excluding carboxylic acids is 3. The average molecular weight is 806 g/mol. The first-order chi connectivity index (χ1) is 28.1. The van der Waals surface area contributed by atoms with Crippen LogP contribution in [0.1, 0.15) is 102 Å². The second kappa shape index (κ2) is 14.2. The van der Waals surface area contributed by atoms with E-state index in [0.29, 0.717) is 52.6 Å². The predicted octanol–water partition coefficient (Wildman–Crippen LogP) is 9.25. The molecule has 2 aliphatic heterocycles. The maximum atomic E-state index is 16.5. The van der Waals surface area contributed by atoms with Crippen LogP contribution in [0, 0.1) is 11.8 Å². The van der Waals surface area contributed by atoms with E-state index in [1.165, 1.54) is 13.2 Å². The predicted molar refractivity (Wildman–Crippen MR) is 217 cm³/mol. The molecule has 0 spiro atoms. The highest BCUT2D eigenvalue weighted by molar-refractivity contribution is 5.88. The van der Waals surface area contributed by atoms with Crippen molar-refractivity contribution in [1.82, 2.24) is 35.1 Å². The molecule has 4 aliphatic rings. The van der Waals surface area contributed by atoms with E-state index in [1.54, 1.807) is 29.3 Å². The zero-order chi connectivity index (χ0) is 41.5. The quantitative estimate of drug-likeness (QED) is 0.149. The molecule has 5 atom stereocenters. The number of rotatable bonds is 7. The number of carbonyl (C=O) groups is 3. The van der Waals surface area contributed by atoms with Crippen LogP contribution >= 0.6 is 0 Å². The van der Waals surface area contributed by atoms with Crippen molar-refractivity contribution in [2.45, 2.75) is 102 Å². The van der Waals surface area contributed by atoms with Crippen LogP contribution in [0.2, 0.25) is 0 Å². The minimum atomic E-state index is -3.26. The van der Waals surface area contributed by atoms with Crippen molar-refractivity contribution >= 4 is 29.1 Å². The fourth-order valence-electron chi connectivity index (χ4n) is 9.68. The lowest BCUT2D eigenvalue weighted by Crippen LogP contribution is -2.51. The lowest BCUT2D eigenvalue weighted by Gasteiger charge is -2.35. The molecule has 3 aromatic carbocycles. The molecule has 59 heavy (non-hydrogen) atoms. The van der Waals surface area contributed by atoms with Gasteiger partial charge in [0, 0.05) is 29.3 Å². The van der Waals surface area contributed by atoms with Crippen molar-refractivity contribution in [2.24, 2.45) is 11.8 Å². The van der Waals surface area contributed by atoms with Gasteiger partial charge in [-0.1, -0.05) is 44.2 Å². The Morgan fingerprint density at radius 2 is 1.61 bits per heavy atom. The molecule has 4 heterocycles. The number of alkyl halides is 2. The molecule has 2 saturated heterocycles. The number of benzene rings is 3. The molecule has 12 nitrogen and oxygen atoms in total. The zero-order valence-electron chi connectivity index (χ0n) is 34.1. The van der Waals surface area contributed by atoms with Crippen LogP contribution in [0.15, 0.2) is 60.8 Å². The molecule has 308 valence electrons. The minimum Gasteiger partial charge on any atom is -0.453 e. The Bertz CT molecular complexity index is 2490. The number of aromatic amines is 2. The normalized spacial score (nSPS) is 22.2. The second-order valence-electron chi connectivity index (χ2n) is 17.7. The van der Waals surface area contributed by atoms with Crippen molar-refractivity contribution in [3.63, 3.8) is 0 Å². The molecule has 9 rings (SSSR count). The number of methoxy groups -OCH3 is 1. The van der Waals surface area contributed by atoms with Crippen LogP contribution < -0.4 is 5.32 Å². The van der Waals surface area contributed by atoms with Crippen LogP contribution in [-0.2, 0) is 20.2 Å². The largest absolute Gasteiger partial charge is 0.453 e. The second-order valence-corrected chi connectivity index (χ2v) is 17.7. The van der Waals surface area contributed by atoms with Gasteiger partial charge < -0.3 is 29.7 Å². The number of likely N-dealkylation sites (tertiary alicyclic amines) is 2. The summed E-state index contributed by atoms with van der Waals surface area (Å²) in [7, 11) is 1.26. The van der Waals surface area contributed by atoms with E-state index in [0.717, 1.165) is 42.3 Å². The average Bonchev–Trinajstić information content (AvgIpc) is 4.06. The summed E-state index contributed by atoms with van der Waals surface area (Å²) in [6.45, 7) is 9.82. The highest BCUT2D eigenvalue weighted by Gasteiger charge is 2.51. The molecule has 0 radical (unpaired) electrons. The van der Waals surface area contributed by atoms with E-state index in [-0.39, 0.29) is 53.1 Å². The van der Waals surface area contributed by atoms with E-state index >= 15 is 8.78 Å². The number of nitrogens with zero attached hydrogens (tertiary/aromatic N) is 4. The lowest BCUT2D eigenvalue weighted by atomic mass is 9.98. The summed E-state index contributed by atoms with van der Waals surface area (Å²) in [5.41, 5.74) is 4.25. The minimum absolute atomic E-state index is 0.0618. The number of fused-ring (bicyclic) bond motifs is 6. The summed E-state index contributed by atoms with van der Waals surface area (Å²) in [6, 6.07) is 14.8. The van der Waals surface area contributed by atoms with Crippen molar-refractivity contribution in [3.8, 4) is 33.5 Å². The fraction of sp³-hybridized carbons (Fsp3) is 0.444. The first-order valence-electron chi connectivity index (χ1n) is 20.5. The lowest BCUT2D eigenvalue weighted by molar-refractivity contribution is -0.135. The van der Waals surface area contributed by atoms with E-state index in [9.17, 15) is 14.4 Å². The van der Waals surface area contributed by atoms with Crippen molar-refractivity contribution in [2.75, 3.05) is 13.7 Å². The molecule has 5 aromatic rings. The third-order valence-corrected chi connectivity index (χ3v) is 12.5. The van der Waals surface area contributed by atoms with Crippen LogP contribution in [0.25, 0.3) is 44.5 Å². The Hall–Kier alpha value is -5.79. The van der Waals surface area contributed by atoms with E-state index < -0.39 is 23.7 Å². The molecule has 14 heteroatoms. The molecule has 3 fully saturated rings. The number of nitrogens with one attached hydrogen (secondary N) is 3. The number of alkyl carbamates (subject to hydrolysis) is 1. The smallest absolute Gasteiger partial charge is 0.411 e. The van der Waals surface area contributed by atoms with Crippen LogP contribution in [0.4, 0.5) is 18.4 Å². The molecule has 2 bridgehead atoms. The van der Waals surface area contributed by atoms with Gasteiger partial charge >= 0.3 is 12.2 Å². The highest BCUT2D eigenvalue weighted by Crippen LogP contribution is 2.53. The first kappa shape index (κ1) is 38.7. The van der Waals surface area contributed by atoms with Gasteiger partial charge in [-0.05, 0) is 111 Å². The number of H-pyrrole nitrogens is 2. The Morgan fingerprint density at radius 1 is 0.915 bits per heavy atom. The summed E-state index contributed by atoms with van der Waals surface area (Å²) < 4.78 is 43.6. The SMILES string of the molecule is COC(=O)N[C@H](C(=O)N1CCC[C@H]1c1ncc(-c2ccc3c(c2)C(F)(F)c2cc(-c4ccc5nc(C6C7CCC(C7)N6C(=O)OC(C)(C)C)[nH]c5c4)ccc2-3)[nH]1)C(C)C. The molecule has 3 unspecified atom stereocenters. The molecular formula is C45H49F2N7O5. The maximum absolute atomic E-state index is 16.5. The number of aromatic nitrogens is 4. The molecular weight excluding hydrogens is 757 g/mol. The number of imidazole rings is 2. The highest BCUT2D eigenvalue weighted by atomic mass is 19.3. The fourth-order valence-corrected chi connectivity index (χ4v) is 9.68. The number of ether oxygens (including phenoxy) is 2. The van der Waals surface area contributed by atoms with Gasteiger partial charge in [0.2, 0.25) is 5.91 Å². The number of halogens is 2. The number of piperidine rings is 1. The molecule has 1 saturated carbocycles. The summed E-state index contributed by atoms with van der Waals surface area (Å²) in [5, 5.41) is 2.66. The zero-order valence-corrected chi connectivity index (χ0v) is 34.1. The number of hydrogen-bond donors (Lipinski definition) is 3. The van der Waals surface area contributed by atoms with Crippen LogP contribution in [-0.4, -0.2) is 79.2 Å². The van der Waals surface area contributed by atoms with Gasteiger partial charge in [-0.25, -0.2) is 19.6 Å². The van der Waals surface area contributed by atoms with Crippen LogP contribution in [0.5, 0.6) is 0 Å². The third-order valence-electron chi connectivity index (χ3n) is 12.5. The molecule has 3 amide bonds. The van der Waals surface area contributed by atoms with Gasteiger partial charge in [-0.15, -0.1) is 0 Å². The maximum Gasteiger partial charge on any atom is 0.411 e. The van der Waals surface area contributed by atoms with Crippen LogP contribution in [0.3, 0.4) is 0 Å². The van der Waals surface area contributed by atoms with Gasteiger partial charge in [0.25, 0.3) is 5.92 Å². The van der Waals surface area contributed by atoms with Gasteiger partial charge in [0.15, 0.2) is 0 Å². The standard InChI is InChI=1S/C45H49F2N7O5/c1-23(2)37(52-42(56)58-6)41(55)53-17-7-8-36(53)39-48-22-35(51-39)26-11-15-30-29-14-10-24(19-31(29)45(46,47)32(30)20-26)25-12-16-33-34(21-25)50-40(49-33)38-27-9-13-28(18-27)54(38)43(57)59-44(3,4)5/h10-12,14-16,19-23,27-28,36-38H,7-9,13,17-18H2,1-6H3,(H,48,51)(H,49,50)(H,52,56)/t27?,28?,36-,37-,38?/m0/s1. The number of amides is 3. The van der Waals surface area contributed by atoms with Crippen molar-refractivity contribution in [3.05, 3.63) is 83.6 Å². The number of hydrogen-bond acceptors (Lipinski definition) is 7. The summed E-state index contributed by atoms with van der Waals surface area (Å²) in [6.07, 6.45) is 4.93. The van der Waals surface area contributed by atoms with Gasteiger partial charge in [-0.3, -0.25) is 9.69 Å². The third kappa shape index (κ3) is 6.70. The summed E-state index contributed by atoms with van der Waals surface area (Å²) in [5.74, 6) is -2.09. The molecule has 3 N–H and O–H groups in total. The van der Waals surface area contributed by atoms with E-state index in [2.05, 4.69) is 20.3 Å². The Morgan fingerprint density at radius 3 is 2.32 bits per heavy atom.